The van der Waals surface area contributed by atoms with E-state index >= 15 is 0 Å². The van der Waals surface area contributed by atoms with E-state index in [1.165, 1.54) is 12.1 Å². The molecule has 2 heterocycles. The second-order valence-electron chi connectivity index (χ2n) is 6.35. The van der Waals surface area contributed by atoms with E-state index in [0.29, 0.717) is 5.16 Å². The van der Waals surface area contributed by atoms with Crippen molar-refractivity contribution in [1.82, 2.24) is 19.7 Å². The number of halogens is 1. The molecule has 1 aromatic carbocycles. The minimum Gasteiger partial charge on any atom is -0.544 e. The molecular weight excluding hydrogens is 379 g/mol. The molecule has 0 unspecified atom stereocenters. The normalized spacial score (nSPS) is 11.8. The number of aromatic amines is 1. The molecule has 0 aliphatic heterocycles. The number of carbonyl (C=O) groups is 1. The van der Waals surface area contributed by atoms with E-state index in [4.69, 9.17) is 0 Å². The molecule has 1 N–H and O–H groups in total. The summed E-state index contributed by atoms with van der Waals surface area (Å²) in [6.45, 7) is 5.82. The minimum atomic E-state index is -1.29. The molecule has 0 atom stereocenters. The third kappa shape index (κ3) is 4.33. The van der Waals surface area contributed by atoms with Crippen LogP contribution in [0, 0.1) is 19.7 Å². The summed E-state index contributed by atoms with van der Waals surface area (Å²) in [6.07, 6.45) is 3.22. The van der Waals surface area contributed by atoms with Gasteiger partial charge in [-0.15, -0.1) is 5.10 Å². The van der Waals surface area contributed by atoms with Crippen molar-refractivity contribution in [2.45, 2.75) is 38.8 Å². The summed E-state index contributed by atoms with van der Waals surface area (Å²) >= 11 is 0.947. The number of thioether (sulfide) groups is 1. The van der Waals surface area contributed by atoms with Gasteiger partial charge in [-0.25, -0.2) is 9.37 Å². The van der Waals surface area contributed by atoms with Crippen molar-refractivity contribution in [2.24, 2.45) is 0 Å². The van der Waals surface area contributed by atoms with Gasteiger partial charge in [0.25, 0.3) is 0 Å². The highest BCUT2D eigenvalue weighted by molar-refractivity contribution is 8.04. The second kappa shape index (κ2) is 8.43. The fourth-order valence-electron chi connectivity index (χ4n) is 2.96. The van der Waals surface area contributed by atoms with E-state index in [1.807, 2.05) is 31.4 Å². The van der Waals surface area contributed by atoms with E-state index in [2.05, 4.69) is 15.2 Å². The highest BCUT2D eigenvalue weighted by atomic mass is 32.2. The van der Waals surface area contributed by atoms with Gasteiger partial charge in [0.15, 0.2) is 0 Å². The van der Waals surface area contributed by atoms with Crippen molar-refractivity contribution in [2.75, 3.05) is 0 Å². The summed E-state index contributed by atoms with van der Waals surface area (Å²) in [6, 6.07) is 8.02. The van der Waals surface area contributed by atoms with Gasteiger partial charge in [-0.3, -0.25) is 5.10 Å². The number of nitrogens with zero attached hydrogens (tertiary/aromatic N) is 3. The smallest absolute Gasteiger partial charge is 0.213 e. The molecule has 0 bridgehead atoms. The maximum Gasteiger partial charge on any atom is 0.213 e. The van der Waals surface area contributed by atoms with Crippen molar-refractivity contribution in [3.63, 3.8) is 0 Å². The molecule has 28 heavy (non-hydrogen) atoms. The molecule has 0 saturated carbocycles. The number of benzene rings is 1. The molecule has 6 nitrogen and oxygen atoms in total. The first-order chi connectivity index (χ1) is 13.4. The summed E-state index contributed by atoms with van der Waals surface area (Å²) < 4.78 is 15.2. The number of aliphatic carboxylic acids is 1. The van der Waals surface area contributed by atoms with Crippen molar-refractivity contribution in [3.05, 3.63) is 63.8 Å². The van der Waals surface area contributed by atoms with Crippen LogP contribution >= 0.6 is 11.8 Å². The molecule has 3 rings (SSSR count). The molecule has 0 fully saturated rings. The zero-order valence-corrected chi connectivity index (χ0v) is 16.6. The Bertz CT molecular complexity index is 1020. The maximum absolute atomic E-state index is 13.2. The second-order valence-corrected chi connectivity index (χ2v) is 7.36. The number of aryl methyl sites for hydroxylation is 2. The largest absolute Gasteiger partial charge is 0.544 e. The Morgan fingerprint density at radius 2 is 2.04 bits per heavy atom. The number of carboxylic acids is 1. The molecule has 0 amide bonds. The number of carboxylic acid groups (broad SMARTS) is 1. The summed E-state index contributed by atoms with van der Waals surface area (Å²) in [5, 5.41) is 18.8. The molecule has 0 aliphatic carbocycles. The lowest BCUT2D eigenvalue weighted by Gasteiger charge is -2.10. The van der Waals surface area contributed by atoms with Gasteiger partial charge < -0.3 is 14.5 Å². The number of hydrogen-bond donors (Lipinski definition) is 1. The third-order valence-electron chi connectivity index (χ3n) is 4.24. The van der Waals surface area contributed by atoms with Gasteiger partial charge in [0.1, 0.15) is 11.6 Å². The highest BCUT2D eigenvalue weighted by Crippen LogP contribution is 2.28. The van der Waals surface area contributed by atoms with Crippen molar-refractivity contribution < 1.29 is 14.3 Å². The number of hydrogen-bond acceptors (Lipinski definition) is 5. The van der Waals surface area contributed by atoms with Crippen molar-refractivity contribution >= 4 is 23.8 Å². The van der Waals surface area contributed by atoms with E-state index in [0.717, 1.165) is 53.1 Å². The van der Waals surface area contributed by atoms with Crippen LogP contribution in [0.5, 0.6) is 0 Å². The lowest BCUT2D eigenvalue weighted by Crippen LogP contribution is -2.23. The summed E-state index contributed by atoms with van der Waals surface area (Å²) in [4.78, 5) is 15.9. The number of aromatic nitrogens is 4. The standard InChI is InChI=1S/C20H21FN4O2S/c1-4-5-18-22-20(24-23-18)28-17(19(26)27)11-14-10-12(2)25(13(14)3)16-8-6-15(21)7-9-16/h6-11H,4-5H2,1-3H3,(H,26,27)(H,22,23,24)/p-1/b17-11-. The molecule has 146 valence electrons. The molecule has 0 aliphatic rings. The lowest BCUT2D eigenvalue weighted by molar-refractivity contribution is -0.297. The van der Waals surface area contributed by atoms with E-state index < -0.39 is 5.97 Å². The number of carbonyl (C=O) groups excluding carboxylic acids is 1. The third-order valence-corrected chi connectivity index (χ3v) is 5.11. The molecule has 0 radical (unpaired) electrons. The van der Waals surface area contributed by atoms with Crippen LogP contribution in [0.4, 0.5) is 4.39 Å². The van der Waals surface area contributed by atoms with Crippen LogP contribution in [0.25, 0.3) is 11.8 Å². The van der Waals surface area contributed by atoms with E-state index in [-0.39, 0.29) is 10.7 Å². The van der Waals surface area contributed by atoms with Gasteiger partial charge in [-0.05, 0) is 74.0 Å². The minimum absolute atomic E-state index is 0.0152. The Kier molecular flexibility index (Phi) is 5.99. The fourth-order valence-corrected chi connectivity index (χ4v) is 3.68. The van der Waals surface area contributed by atoms with Gasteiger partial charge in [-0.2, -0.15) is 0 Å². The van der Waals surface area contributed by atoms with Crippen LogP contribution in [0.15, 0.2) is 40.4 Å². The zero-order chi connectivity index (χ0) is 20.3. The molecule has 3 aromatic rings. The molecule has 2 aromatic heterocycles. The first-order valence-electron chi connectivity index (χ1n) is 8.86. The average molecular weight is 399 g/mol. The fraction of sp³-hybridized carbons (Fsp3) is 0.250. The Balaban J connectivity index is 1.93. The summed E-state index contributed by atoms with van der Waals surface area (Å²) in [7, 11) is 0. The number of rotatable bonds is 7. The Morgan fingerprint density at radius 3 is 2.68 bits per heavy atom. The Hall–Kier alpha value is -2.87. The quantitative estimate of drug-likeness (QED) is 0.487. The highest BCUT2D eigenvalue weighted by Gasteiger charge is 2.13. The van der Waals surface area contributed by atoms with Crippen LogP contribution in [-0.2, 0) is 11.2 Å². The predicted octanol–water partition coefficient (Wildman–Crippen LogP) is 3.19. The van der Waals surface area contributed by atoms with Gasteiger partial charge in [0, 0.05) is 28.4 Å². The van der Waals surface area contributed by atoms with Gasteiger partial charge >= 0.3 is 0 Å². The molecular formula is C20H20FN4O2S-. The average Bonchev–Trinajstić information content (AvgIpc) is 3.20. The van der Waals surface area contributed by atoms with Gasteiger partial charge in [-0.1, -0.05) is 6.92 Å². The molecule has 0 spiro atoms. The number of nitrogens with one attached hydrogen (secondary N) is 1. The zero-order valence-electron chi connectivity index (χ0n) is 15.8. The lowest BCUT2D eigenvalue weighted by atomic mass is 10.2. The van der Waals surface area contributed by atoms with Crippen LogP contribution < -0.4 is 5.11 Å². The Labute approximate surface area is 166 Å². The number of H-pyrrole nitrogens is 1. The van der Waals surface area contributed by atoms with Gasteiger partial charge in [0.2, 0.25) is 5.16 Å². The van der Waals surface area contributed by atoms with Crippen LogP contribution in [0.3, 0.4) is 0 Å². The van der Waals surface area contributed by atoms with Crippen LogP contribution in [0.2, 0.25) is 0 Å². The first-order valence-corrected chi connectivity index (χ1v) is 9.67. The monoisotopic (exact) mass is 399 g/mol. The predicted molar refractivity (Wildman–Crippen MR) is 104 cm³/mol. The van der Waals surface area contributed by atoms with Crippen molar-refractivity contribution in [3.8, 4) is 5.69 Å². The first kappa shape index (κ1) is 19.9. The molecule has 0 saturated heterocycles. The van der Waals surface area contributed by atoms with E-state index in [9.17, 15) is 14.3 Å². The van der Waals surface area contributed by atoms with Crippen molar-refractivity contribution in [1.29, 1.82) is 0 Å². The van der Waals surface area contributed by atoms with Crippen LogP contribution in [-0.4, -0.2) is 25.7 Å². The summed E-state index contributed by atoms with van der Waals surface area (Å²) in [5.41, 5.74) is 3.28. The van der Waals surface area contributed by atoms with Crippen LogP contribution in [0.1, 0.15) is 36.1 Å². The van der Waals surface area contributed by atoms with Gasteiger partial charge in [0.05, 0.1) is 5.97 Å². The SMILES string of the molecule is CCCc1nc(S/C(=C\c2cc(C)n(-c3ccc(F)cc3)c2C)C(=O)[O-])n[nH]1. The Morgan fingerprint density at radius 1 is 1.32 bits per heavy atom. The van der Waals surface area contributed by atoms with E-state index in [1.54, 1.807) is 18.2 Å². The topological polar surface area (TPSA) is 86.6 Å². The summed E-state index contributed by atoms with van der Waals surface area (Å²) in [5.74, 6) is -0.883. The maximum atomic E-state index is 13.2. The molecule has 8 heteroatoms.